The molecule has 0 atom stereocenters. The van der Waals surface area contributed by atoms with Gasteiger partial charge in [0.2, 0.25) is 0 Å². The second kappa shape index (κ2) is 7.73. The first kappa shape index (κ1) is 19.2. The molecule has 3 aromatic rings. The van der Waals surface area contributed by atoms with Gasteiger partial charge in [-0.2, -0.15) is 0 Å². The monoisotopic (exact) mass is 396 g/mol. The lowest BCUT2D eigenvalue weighted by Crippen LogP contribution is -2.39. The molecule has 0 spiro atoms. The van der Waals surface area contributed by atoms with Crippen molar-refractivity contribution >= 4 is 43.3 Å². The van der Waals surface area contributed by atoms with Crippen LogP contribution in [0, 0.1) is 11.5 Å². The van der Waals surface area contributed by atoms with Gasteiger partial charge in [0.1, 0.15) is 13.8 Å². The van der Waals surface area contributed by atoms with E-state index in [1.807, 2.05) is 18.2 Å². The summed E-state index contributed by atoms with van der Waals surface area (Å²) in [5.41, 5.74) is 7.81. The standard InChI is InChI=1S/C24H25BN2OSi/c1-28-23-14-6-5-9-19(23)17-20(15-16-29(2,3)4)25-26-21-12-7-10-18-11-8-13-22(27-25)24(18)21/h5-14,17,26-27H,1-4H3/b20-17+. The van der Waals surface area contributed by atoms with Gasteiger partial charge < -0.3 is 15.2 Å². The van der Waals surface area contributed by atoms with Crippen LogP contribution in [0.1, 0.15) is 5.56 Å². The number of anilines is 2. The minimum absolute atomic E-state index is 0.107. The van der Waals surface area contributed by atoms with Gasteiger partial charge in [0.15, 0.2) is 0 Å². The summed E-state index contributed by atoms with van der Waals surface area (Å²) in [5, 5.41) is 9.74. The van der Waals surface area contributed by atoms with E-state index >= 15 is 0 Å². The van der Waals surface area contributed by atoms with Crippen LogP contribution < -0.4 is 15.2 Å². The van der Waals surface area contributed by atoms with Crippen LogP contribution in [-0.2, 0) is 0 Å². The molecule has 0 unspecified atom stereocenters. The predicted molar refractivity (Wildman–Crippen MR) is 129 cm³/mol. The zero-order valence-electron chi connectivity index (χ0n) is 17.3. The third kappa shape index (κ3) is 4.18. The van der Waals surface area contributed by atoms with Crippen LogP contribution in [0.2, 0.25) is 19.6 Å². The molecule has 3 aromatic carbocycles. The van der Waals surface area contributed by atoms with Crippen LogP contribution in [0.15, 0.2) is 66.1 Å². The molecule has 0 amide bonds. The first-order chi connectivity index (χ1) is 13.9. The lowest BCUT2D eigenvalue weighted by molar-refractivity contribution is 0.414. The molecule has 1 aliphatic rings. The van der Waals surface area contributed by atoms with Gasteiger partial charge in [0.25, 0.3) is 0 Å². The summed E-state index contributed by atoms with van der Waals surface area (Å²) in [6, 6.07) is 20.8. The number of allylic oxidation sites excluding steroid dienone is 1. The number of methoxy groups -OCH3 is 1. The summed E-state index contributed by atoms with van der Waals surface area (Å²) < 4.78 is 5.56. The smallest absolute Gasteiger partial charge is 0.414 e. The number of hydrogen-bond donors (Lipinski definition) is 2. The average Bonchev–Trinajstić information content (AvgIpc) is 2.71. The van der Waals surface area contributed by atoms with E-state index in [4.69, 9.17) is 4.74 Å². The fraction of sp³-hybridized carbons (Fsp3) is 0.167. The Morgan fingerprint density at radius 2 is 1.59 bits per heavy atom. The minimum Gasteiger partial charge on any atom is -0.496 e. The van der Waals surface area contributed by atoms with Crippen LogP contribution in [0.3, 0.4) is 0 Å². The molecule has 2 N–H and O–H groups in total. The fourth-order valence-electron chi connectivity index (χ4n) is 3.49. The first-order valence-corrected chi connectivity index (χ1v) is 13.4. The molecule has 0 saturated heterocycles. The topological polar surface area (TPSA) is 33.3 Å². The summed E-state index contributed by atoms with van der Waals surface area (Å²) in [6.07, 6.45) is 2.13. The van der Waals surface area contributed by atoms with Crippen molar-refractivity contribution in [3.63, 3.8) is 0 Å². The Bertz CT molecular complexity index is 1110. The molecule has 1 heterocycles. The largest absolute Gasteiger partial charge is 0.496 e. The van der Waals surface area contributed by atoms with Gasteiger partial charge in [0, 0.05) is 27.8 Å². The summed E-state index contributed by atoms with van der Waals surface area (Å²) in [7, 11) is 0.171. The van der Waals surface area contributed by atoms with E-state index in [9.17, 15) is 0 Å². The Balaban J connectivity index is 1.80. The number of ether oxygens (including phenoxy) is 1. The molecule has 4 rings (SSSR count). The van der Waals surface area contributed by atoms with Crippen LogP contribution in [0.25, 0.3) is 16.8 Å². The van der Waals surface area contributed by atoms with Crippen molar-refractivity contribution in [2.24, 2.45) is 0 Å². The van der Waals surface area contributed by atoms with Crippen LogP contribution in [0.5, 0.6) is 5.75 Å². The Kier molecular flexibility index (Phi) is 5.12. The summed E-state index contributed by atoms with van der Waals surface area (Å²) in [4.78, 5) is 0. The zero-order valence-corrected chi connectivity index (χ0v) is 18.3. The van der Waals surface area contributed by atoms with Gasteiger partial charge in [-0.3, -0.25) is 0 Å². The maximum Gasteiger partial charge on any atom is 0.414 e. The van der Waals surface area contributed by atoms with Gasteiger partial charge >= 0.3 is 6.98 Å². The van der Waals surface area contributed by atoms with Crippen molar-refractivity contribution in [1.29, 1.82) is 0 Å². The van der Waals surface area contributed by atoms with Crippen LogP contribution in [0.4, 0.5) is 11.4 Å². The second-order valence-electron chi connectivity index (χ2n) is 8.27. The maximum atomic E-state index is 5.56. The summed E-state index contributed by atoms with van der Waals surface area (Å²) in [6.45, 7) is 6.68. The van der Waals surface area contributed by atoms with E-state index < -0.39 is 8.07 Å². The van der Waals surface area contributed by atoms with Crippen molar-refractivity contribution in [2.75, 3.05) is 17.6 Å². The molecule has 29 heavy (non-hydrogen) atoms. The van der Waals surface area contributed by atoms with Gasteiger partial charge in [-0.1, -0.05) is 68.0 Å². The number of nitrogens with one attached hydrogen (secondary N) is 2. The molecule has 5 heteroatoms. The number of rotatable bonds is 3. The lowest BCUT2D eigenvalue weighted by Gasteiger charge is -2.27. The van der Waals surface area contributed by atoms with Crippen molar-refractivity contribution in [1.82, 2.24) is 0 Å². The number of benzene rings is 3. The van der Waals surface area contributed by atoms with Crippen molar-refractivity contribution in [2.45, 2.75) is 19.6 Å². The Morgan fingerprint density at radius 3 is 2.21 bits per heavy atom. The Hall–Kier alpha value is -3.10. The highest BCUT2D eigenvalue weighted by molar-refractivity contribution is 6.84. The predicted octanol–water partition coefficient (Wildman–Crippen LogP) is 5.68. The summed E-state index contributed by atoms with van der Waals surface area (Å²) in [5.74, 6) is 4.33. The molecule has 0 radical (unpaired) electrons. The first-order valence-electron chi connectivity index (χ1n) is 9.87. The third-order valence-electron chi connectivity index (χ3n) is 4.85. The average molecular weight is 396 g/mol. The molecule has 0 aromatic heterocycles. The highest BCUT2D eigenvalue weighted by atomic mass is 28.3. The summed E-state index contributed by atoms with van der Waals surface area (Å²) >= 11 is 0. The van der Waals surface area contributed by atoms with Gasteiger partial charge in [-0.05, 0) is 29.7 Å². The van der Waals surface area contributed by atoms with E-state index in [1.54, 1.807) is 7.11 Å². The second-order valence-corrected chi connectivity index (χ2v) is 13.0. The Morgan fingerprint density at radius 1 is 0.931 bits per heavy atom. The van der Waals surface area contributed by atoms with Crippen LogP contribution >= 0.6 is 0 Å². The third-order valence-corrected chi connectivity index (χ3v) is 5.72. The molecule has 0 bridgehead atoms. The van der Waals surface area contributed by atoms with E-state index in [2.05, 4.69) is 90.1 Å². The fourth-order valence-corrected chi connectivity index (χ4v) is 4.01. The Labute approximate surface area is 174 Å². The van der Waals surface area contributed by atoms with E-state index in [0.29, 0.717) is 0 Å². The normalized spacial score (nSPS) is 13.2. The SMILES string of the molecule is COc1ccccc1/C=C(\C#C[Si](C)(C)C)B1Nc2cccc3cccc(c23)N1. The molecule has 1 aliphatic heterocycles. The lowest BCUT2D eigenvalue weighted by atomic mass is 9.65. The molecular formula is C24H25BN2OSi. The highest BCUT2D eigenvalue weighted by Crippen LogP contribution is 2.35. The molecule has 0 aliphatic carbocycles. The van der Waals surface area contributed by atoms with Crippen LogP contribution in [-0.4, -0.2) is 22.2 Å². The quantitative estimate of drug-likeness (QED) is 0.442. The molecule has 0 fully saturated rings. The van der Waals surface area contributed by atoms with Gasteiger partial charge in [-0.25, -0.2) is 0 Å². The van der Waals surface area contributed by atoms with E-state index in [0.717, 1.165) is 28.2 Å². The van der Waals surface area contributed by atoms with E-state index in [1.165, 1.54) is 10.8 Å². The molecule has 3 nitrogen and oxygen atoms in total. The van der Waals surface area contributed by atoms with Crippen molar-refractivity contribution in [3.8, 4) is 17.2 Å². The minimum atomic E-state index is -1.53. The molecular weight excluding hydrogens is 371 g/mol. The maximum absolute atomic E-state index is 5.56. The highest BCUT2D eigenvalue weighted by Gasteiger charge is 2.27. The van der Waals surface area contributed by atoms with Crippen molar-refractivity contribution in [3.05, 3.63) is 71.7 Å². The molecule has 0 saturated carbocycles. The van der Waals surface area contributed by atoms with Crippen molar-refractivity contribution < 1.29 is 4.74 Å². The van der Waals surface area contributed by atoms with Gasteiger partial charge in [-0.15, -0.1) is 5.54 Å². The zero-order chi connectivity index (χ0) is 20.4. The van der Waals surface area contributed by atoms with E-state index in [-0.39, 0.29) is 6.98 Å². The number of para-hydroxylation sites is 1. The molecule has 144 valence electrons. The van der Waals surface area contributed by atoms with Gasteiger partial charge in [0.05, 0.1) is 7.11 Å². The number of hydrogen-bond acceptors (Lipinski definition) is 3.